The van der Waals surface area contributed by atoms with E-state index in [2.05, 4.69) is 0 Å². The van der Waals surface area contributed by atoms with Crippen LogP contribution in [0.15, 0.2) is 18.2 Å². The molecule has 1 aromatic carbocycles. The second-order valence-corrected chi connectivity index (χ2v) is 3.81. The predicted molar refractivity (Wildman–Crippen MR) is 51.7 cm³/mol. The number of aliphatic hydroxyl groups is 1. The van der Waals surface area contributed by atoms with Gasteiger partial charge in [-0.25, -0.2) is 4.39 Å². The molecule has 0 bridgehead atoms. The lowest BCUT2D eigenvalue weighted by atomic mass is 10.0. The van der Waals surface area contributed by atoms with Crippen LogP contribution in [0.1, 0.15) is 24.5 Å². The van der Waals surface area contributed by atoms with E-state index < -0.39 is 30.9 Å². The summed E-state index contributed by atoms with van der Waals surface area (Å²) in [6.07, 6.45) is -7.33. The molecule has 6 heteroatoms. The molecular formula is C10H9ClF4O. The van der Waals surface area contributed by atoms with Crippen molar-refractivity contribution < 1.29 is 22.7 Å². The molecule has 0 heterocycles. The Kier molecular flexibility index (Phi) is 4.15. The van der Waals surface area contributed by atoms with Crippen molar-refractivity contribution in [3.63, 3.8) is 0 Å². The Morgan fingerprint density at radius 1 is 1.25 bits per heavy atom. The van der Waals surface area contributed by atoms with E-state index in [1.54, 1.807) is 0 Å². The Bertz CT molecular complexity index is 344. The van der Waals surface area contributed by atoms with Crippen molar-refractivity contribution in [1.82, 2.24) is 0 Å². The van der Waals surface area contributed by atoms with Gasteiger partial charge in [-0.05, 0) is 30.2 Å². The first kappa shape index (κ1) is 13.3. The summed E-state index contributed by atoms with van der Waals surface area (Å²) in [4.78, 5) is 0. The summed E-state index contributed by atoms with van der Waals surface area (Å²) in [6, 6.07) is 3.22. The highest BCUT2D eigenvalue weighted by atomic mass is 35.5. The Balaban J connectivity index is 2.69. The minimum Gasteiger partial charge on any atom is -0.388 e. The zero-order valence-electron chi connectivity index (χ0n) is 8.06. The molecule has 1 atom stereocenters. The number of alkyl halides is 3. The molecule has 0 saturated heterocycles. The molecule has 0 radical (unpaired) electrons. The maximum Gasteiger partial charge on any atom is 0.389 e. The first-order valence-electron chi connectivity index (χ1n) is 4.49. The summed E-state index contributed by atoms with van der Waals surface area (Å²) >= 11 is 5.51. The first-order chi connectivity index (χ1) is 7.28. The van der Waals surface area contributed by atoms with Gasteiger partial charge in [0.05, 0.1) is 6.10 Å². The van der Waals surface area contributed by atoms with Crippen LogP contribution in [0, 0.1) is 5.82 Å². The van der Waals surface area contributed by atoms with Gasteiger partial charge in [0.15, 0.2) is 0 Å². The van der Waals surface area contributed by atoms with Crippen LogP contribution in [-0.2, 0) is 0 Å². The van der Waals surface area contributed by atoms with Crippen LogP contribution < -0.4 is 0 Å². The summed E-state index contributed by atoms with van der Waals surface area (Å²) in [5.74, 6) is -0.687. The standard InChI is InChI=1S/C10H9ClF4O/c11-7-3-6(4-8(12)5-7)9(16)1-2-10(13,14)15/h3-5,9,16H,1-2H2. The van der Waals surface area contributed by atoms with Gasteiger partial charge in [0.2, 0.25) is 0 Å². The molecule has 1 nitrogen and oxygen atoms in total. The third-order valence-electron chi connectivity index (χ3n) is 1.97. The summed E-state index contributed by atoms with van der Waals surface area (Å²) < 4.78 is 48.5. The maximum atomic E-state index is 12.8. The van der Waals surface area contributed by atoms with Gasteiger partial charge in [-0.15, -0.1) is 0 Å². The molecule has 90 valence electrons. The molecule has 0 saturated carbocycles. The highest BCUT2D eigenvalue weighted by Gasteiger charge is 2.28. The number of benzene rings is 1. The van der Waals surface area contributed by atoms with E-state index in [9.17, 15) is 22.7 Å². The Hall–Kier alpha value is -0.810. The largest absolute Gasteiger partial charge is 0.389 e. The number of rotatable bonds is 3. The summed E-state index contributed by atoms with van der Waals surface area (Å²) in [5, 5.41) is 9.45. The van der Waals surface area contributed by atoms with Crippen molar-refractivity contribution in [2.45, 2.75) is 25.1 Å². The monoisotopic (exact) mass is 256 g/mol. The lowest BCUT2D eigenvalue weighted by Crippen LogP contribution is -2.10. The summed E-state index contributed by atoms with van der Waals surface area (Å²) in [6.45, 7) is 0. The van der Waals surface area contributed by atoms with Crippen molar-refractivity contribution >= 4 is 11.6 Å². The van der Waals surface area contributed by atoms with E-state index in [0.717, 1.165) is 12.1 Å². The van der Waals surface area contributed by atoms with E-state index in [4.69, 9.17) is 11.6 Å². The average molecular weight is 257 g/mol. The van der Waals surface area contributed by atoms with Crippen molar-refractivity contribution in [1.29, 1.82) is 0 Å². The molecule has 0 fully saturated rings. The molecular weight excluding hydrogens is 248 g/mol. The fourth-order valence-electron chi connectivity index (χ4n) is 1.23. The Labute approximate surface area is 94.7 Å². The highest BCUT2D eigenvalue weighted by Crippen LogP contribution is 2.28. The number of hydrogen-bond donors (Lipinski definition) is 1. The Morgan fingerprint density at radius 3 is 2.38 bits per heavy atom. The predicted octanol–water partition coefficient (Wildman–Crippen LogP) is 3.86. The molecule has 1 N–H and O–H groups in total. The molecule has 0 amide bonds. The van der Waals surface area contributed by atoms with Gasteiger partial charge in [0.1, 0.15) is 5.82 Å². The minimum atomic E-state index is -4.34. The van der Waals surface area contributed by atoms with Crippen molar-refractivity contribution in [3.8, 4) is 0 Å². The number of aliphatic hydroxyl groups excluding tert-OH is 1. The van der Waals surface area contributed by atoms with E-state index in [-0.39, 0.29) is 10.6 Å². The van der Waals surface area contributed by atoms with Gasteiger partial charge in [-0.1, -0.05) is 11.6 Å². The molecule has 1 rings (SSSR count). The van der Waals surface area contributed by atoms with Gasteiger partial charge in [0.25, 0.3) is 0 Å². The Morgan fingerprint density at radius 2 is 1.88 bits per heavy atom. The average Bonchev–Trinajstić information content (AvgIpc) is 2.11. The highest BCUT2D eigenvalue weighted by molar-refractivity contribution is 6.30. The second-order valence-electron chi connectivity index (χ2n) is 3.37. The van der Waals surface area contributed by atoms with Crippen molar-refractivity contribution in [2.75, 3.05) is 0 Å². The smallest absolute Gasteiger partial charge is 0.388 e. The van der Waals surface area contributed by atoms with Gasteiger partial charge in [0, 0.05) is 11.4 Å². The lowest BCUT2D eigenvalue weighted by Gasteiger charge is -2.13. The van der Waals surface area contributed by atoms with Gasteiger partial charge in [-0.2, -0.15) is 13.2 Å². The first-order valence-corrected chi connectivity index (χ1v) is 4.86. The van der Waals surface area contributed by atoms with Crippen molar-refractivity contribution in [2.24, 2.45) is 0 Å². The zero-order chi connectivity index (χ0) is 12.3. The SMILES string of the molecule is OC(CCC(F)(F)F)c1cc(F)cc(Cl)c1. The summed E-state index contributed by atoms with van der Waals surface area (Å²) in [5.41, 5.74) is 0.0502. The molecule has 0 spiro atoms. The number of hydrogen-bond acceptors (Lipinski definition) is 1. The quantitative estimate of drug-likeness (QED) is 0.815. The normalized spacial score (nSPS) is 13.9. The fourth-order valence-corrected chi connectivity index (χ4v) is 1.46. The van der Waals surface area contributed by atoms with Crippen molar-refractivity contribution in [3.05, 3.63) is 34.6 Å². The molecule has 0 aliphatic rings. The molecule has 0 aliphatic carbocycles. The topological polar surface area (TPSA) is 20.2 Å². The van der Waals surface area contributed by atoms with E-state index in [0.29, 0.717) is 0 Å². The van der Waals surface area contributed by atoms with Crippen LogP contribution >= 0.6 is 11.6 Å². The molecule has 0 aliphatic heterocycles. The molecule has 0 aromatic heterocycles. The zero-order valence-corrected chi connectivity index (χ0v) is 8.82. The van der Waals surface area contributed by atoms with Crippen LogP contribution in [-0.4, -0.2) is 11.3 Å². The maximum absolute atomic E-state index is 12.8. The minimum absolute atomic E-state index is 0.0426. The van der Waals surface area contributed by atoms with Crippen LogP contribution in [0.4, 0.5) is 17.6 Å². The van der Waals surface area contributed by atoms with Gasteiger partial charge in [-0.3, -0.25) is 0 Å². The number of halogens is 5. The molecule has 16 heavy (non-hydrogen) atoms. The van der Waals surface area contributed by atoms with Crippen LogP contribution in [0.5, 0.6) is 0 Å². The van der Waals surface area contributed by atoms with Crippen LogP contribution in [0.25, 0.3) is 0 Å². The lowest BCUT2D eigenvalue weighted by molar-refractivity contribution is -0.140. The molecule has 1 aromatic rings. The van der Waals surface area contributed by atoms with Crippen LogP contribution in [0.2, 0.25) is 5.02 Å². The second kappa shape index (κ2) is 5.01. The van der Waals surface area contributed by atoms with E-state index in [1.165, 1.54) is 6.07 Å². The third kappa shape index (κ3) is 4.37. The van der Waals surface area contributed by atoms with E-state index in [1.807, 2.05) is 0 Å². The van der Waals surface area contributed by atoms with E-state index >= 15 is 0 Å². The third-order valence-corrected chi connectivity index (χ3v) is 2.19. The van der Waals surface area contributed by atoms with Gasteiger partial charge < -0.3 is 5.11 Å². The van der Waals surface area contributed by atoms with Gasteiger partial charge >= 0.3 is 6.18 Å². The van der Waals surface area contributed by atoms with Crippen LogP contribution in [0.3, 0.4) is 0 Å². The molecule has 1 unspecified atom stereocenters. The fraction of sp³-hybridized carbons (Fsp3) is 0.400. The summed E-state index contributed by atoms with van der Waals surface area (Å²) in [7, 11) is 0.